The Balaban J connectivity index is 1.51. The minimum atomic E-state index is -0.999. The first-order valence-corrected chi connectivity index (χ1v) is 10.3. The quantitative estimate of drug-likeness (QED) is 0.515. The summed E-state index contributed by atoms with van der Waals surface area (Å²) >= 11 is 0. The Morgan fingerprint density at radius 2 is 1.90 bits per heavy atom. The van der Waals surface area contributed by atoms with E-state index < -0.39 is 5.60 Å². The molecule has 4 aromatic rings. The summed E-state index contributed by atoms with van der Waals surface area (Å²) in [6, 6.07) is 14.1. The number of rotatable bonds is 6. The zero-order chi connectivity index (χ0) is 21.6. The lowest BCUT2D eigenvalue weighted by molar-refractivity contribution is 0.0796. The van der Waals surface area contributed by atoms with Crippen molar-refractivity contribution < 1.29 is 5.11 Å². The predicted molar refractivity (Wildman–Crippen MR) is 112 cm³/mol. The molecule has 0 bridgehead atoms. The molecule has 1 N–H and O–H groups in total. The molecule has 3 aromatic heterocycles. The lowest BCUT2D eigenvalue weighted by Crippen LogP contribution is -2.18. The molecule has 1 saturated carbocycles. The standard InChI is InChI=1S/C22H22N8O/c1-21(2,31)17-5-3-13-29-19(17)24-26-20(29)22(10-11-22)16-8-6-15(7-9-16)18-25-27-28-30(18)14-4-12-23/h3,5-9,13,31H,4,10-11,14H2,1-2H3. The number of fused-ring (bicyclic) bond motifs is 1. The highest BCUT2D eigenvalue weighted by Gasteiger charge is 2.50. The van der Waals surface area contributed by atoms with Crippen molar-refractivity contribution in [3.8, 4) is 17.5 Å². The van der Waals surface area contributed by atoms with Crippen LogP contribution in [0, 0.1) is 11.3 Å². The van der Waals surface area contributed by atoms with Crippen LogP contribution in [0.2, 0.25) is 0 Å². The van der Waals surface area contributed by atoms with Crippen molar-refractivity contribution in [3.05, 3.63) is 59.5 Å². The first kappa shape index (κ1) is 19.3. The Morgan fingerprint density at radius 1 is 1.13 bits per heavy atom. The van der Waals surface area contributed by atoms with Gasteiger partial charge in [0, 0.05) is 17.3 Å². The molecule has 0 saturated heterocycles. The monoisotopic (exact) mass is 414 g/mol. The highest BCUT2D eigenvalue weighted by molar-refractivity contribution is 5.58. The number of tetrazole rings is 1. The number of pyridine rings is 1. The van der Waals surface area contributed by atoms with Crippen LogP contribution in [-0.2, 0) is 17.6 Å². The summed E-state index contributed by atoms with van der Waals surface area (Å²) in [5.41, 5.74) is 2.31. The molecule has 0 unspecified atom stereocenters. The molecule has 1 aromatic carbocycles. The zero-order valence-electron chi connectivity index (χ0n) is 17.4. The van der Waals surface area contributed by atoms with Crippen LogP contribution in [0.5, 0.6) is 0 Å². The molecule has 0 amide bonds. The molecule has 156 valence electrons. The topological polar surface area (TPSA) is 118 Å². The van der Waals surface area contributed by atoms with Gasteiger partial charge < -0.3 is 5.11 Å². The van der Waals surface area contributed by atoms with E-state index in [9.17, 15) is 5.11 Å². The number of aromatic nitrogens is 7. The molecule has 0 aliphatic heterocycles. The number of hydrogen-bond acceptors (Lipinski definition) is 7. The third-order valence-electron chi connectivity index (χ3n) is 5.93. The van der Waals surface area contributed by atoms with E-state index >= 15 is 0 Å². The molecule has 0 radical (unpaired) electrons. The van der Waals surface area contributed by atoms with Gasteiger partial charge in [0.2, 0.25) is 0 Å². The van der Waals surface area contributed by atoms with Gasteiger partial charge in [-0.3, -0.25) is 4.40 Å². The van der Waals surface area contributed by atoms with E-state index in [1.54, 1.807) is 18.5 Å². The average Bonchev–Trinajstić information content (AvgIpc) is 3.22. The summed E-state index contributed by atoms with van der Waals surface area (Å²) in [6.07, 6.45) is 4.28. The van der Waals surface area contributed by atoms with Crippen molar-refractivity contribution in [2.45, 2.75) is 50.7 Å². The van der Waals surface area contributed by atoms with Crippen LogP contribution in [0.25, 0.3) is 17.0 Å². The third-order valence-corrected chi connectivity index (χ3v) is 5.93. The highest BCUT2D eigenvalue weighted by atomic mass is 16.3. The summed E-state index contributed by atoms with van der Waals surface area (Å²) in [4.78, 5) is 0. The van der Waals surface area contributed by atoms with E-state index in [2.05, 4.69) is 43.9 Å². The lowest BCUT2D eigenvalue weighted by Gasteiger charge is -2.19. The van der Waals surface area contributed by atoms with Crippen LogP contribution in [0.15, 0.2) is 42.6 Å². The summed E-state index contributed by atoms with van der Waals surface area (Å²) in [6.45, 7) is 3.97. The summed E-state index contributed by atoms with van der Waals surface area (Å²) in [5, 5.41) is 40.1. The maximum atomic E-state index is 10.5. The van der Waals surface area contributed by atoms with Crippen LogP contribution in [-0.4, -0.2) is 39.9 Å². The normalized spacial score (nSPS) is 15.2. The van der Waals surface area contributed by atoms with Crippen molar-refractivity contribution in [3.63, 3.8) is 0 Å². The maximum absolute atomic E-state index is 10.5. The van der Waals surface area contributed by atoms with Crippen molar-refractivity contribution in [2.24, 2.45) is 0 Å². The molecule has 3 heterocycles. The lowest BCUT2D eigenvalue weighted by atomic mass is 9.93. The zero-order valence-corrected chi connectivity index (χ0v) is 17.4. The van der Waals surface area contributed by atoms with E-state index in [0.29, 0.717) is 24.4 Å². The fourth-order valence-corrected chi connectivity index (χ4v) is 4.14. The summed E-state index contributed by atoms with van der Waals surface area (Å²) in [7, 11) is 0. The van der Waals surface area contributed by atoms with Gasteiger partial charge in [-0.2, -0.15) is 5.26 Å². The molecule has 9 heteroatoms. The second-order valence-corrected chi connectivity index (χ2v) is 8.49. The van der Waals surface area contributed by atoms with Crippen LogP contribution >= 0.6 is 0 Å². The van der Waals surface area contributed by atoms with Gasteiger partial charge in [0.1, 0.15) is 5.82 Å². The van der Waals surface area contributed by atoms with Gasteiger partial charge in [0.15, 0.2) is 11.5 Å². The molecular weight excluding hydrogens is 392 g/mol. The SMILES string of the molecule is CC(C)(O)c1cccn2c(C3(c4ccc(-c5nnnn5CCC#N)cc4)CC3)nnc12. The average molecular weight is 414 g/mol. The van der Waals surface area contributed by atoms with Gasteiger partial charge in [0.25, 0.3) is 0 Å². The first-order chi connectivity index (χ1) is 14.9. The fraction of sp³-hybridized carbons (Fsp3) is 0.364. The van der Waals surface area contributed by atoms with Gasteiger partial charge in [-0.1, -0.05) is 30.3 Å². The maximum Gasteiger partial charge on any atom is 0.182 e. The molecule has 5 rings (SSSR count). The Morgan fingerprint density at radius 3 is 2.58 bits per heavy atom. The largest absolute Gasteiger partial charge is 0.386 e. The summed E-state index contributed by atoms with van der Waals surface area (Å²) < 4.78 is 3.64. The Hall–Kier alpha value is -3.64. The van der Waals surface area contributed by atoms with Crippen LogP contribution in [0.3, 0.4) is 0 Å². The van der Waals surface area contributed by atoms with Crippen molar-refractivity contribution in [2.75, 3.05) is 0 Å². The second-order valence-electron chi connectivity index (χ2n) is 8.49. The number of hydrogen-bond donors (Lipinski definition) is 1. The number of nitrogens with zero attached hydrogens (tertiary/aromatic N) is 8. The van der Waals surface area contributed by atoms with Crippen LogP contribution in [0.1, 0.15) is 50.1 Å². The van der Waals surface area contributed by atoms with Crippen molar-refractivity contribution in [1.82, 2.24) is 34.8 Å². The molecule has 1 aliphatic rings. The number of nitriles is 1. The van der Waals surface area contributed by atoms with E-state index in [0.717, 1.165) is 35.4 Å². The van der Waals surface area contributed by atoms with Gasteiger partial charge in [-0.25, -0.2) is 4.68 Å². The molecule has 0 atom stereocenters. The van der Waals surface area contributed by atoms with E-state index in [-0.39, 0.29) is 5.41 Å². The van der Waals surface area contributed by atoms with Gasteiger partial charge in [-0.05, 0) is 48.7 Å². The fourth-order valence-electron chi connectivity index (χ4n) is 4.14. The van der Waals surface area contributed by atoms with E-state index in [4.69, 9.17) is 5.26 Å². The third kappa shape index (κ3) is 3.16. The molecule has 0 spiro atoms. The predicted octanol–water partition coefficient (Wildman–Crippen LogP) is 2.60. The minimum absolute atomic E-state index is 0.192. The Kier molecular flexibility index (Phi) is 4.34. The van der Waals surface area contributed by atoms with Crippen LogP contribution < -0.4 is 0 Å². The minimum Gasteiger partial charge on any atom is -0.386 e. The van der Waals surface area contributed by atoms with Crippen molar-refractivity contribution >= 4 is 5.65 Å². The smallest absolute Gasteiger partial charge is 0.182 e. The molecular formula is C22H22N8O. The summed E-state index contributed by atoms with van der Waals surface area (Å²) in [5.74, 6) is 1.54. The van der Waals surface area contributed by atoms with Gasteiger partial charge >= 0.3 is 0 Å². The van der Waals surface area contributed by atoms with Crippen molar-refractivity contribution in [1.29, 1.82) is 5.26 Å². The second kappa shape index (κ2) is 6.96. The number of benzene rings is 1. The Bertz CT molecular complexity index is 1290. The molecule has 9 nitrogen and oxygen atoms in total. The number of aliphatic hydroxyl groups is 1. The number of aryl methyl sites for hydroxylation is 1. The van der Waals surface area contributed by atoms with E-state index in [1.165, 1.54) is 0 Å². The van der Waals surface area contributed by atoms with Gasteiger partial charge in [-0.15, -0.1) is 15.3 Å². The molecule has 1 fully saturated rings. The van der Waals surface area contributed by atoms with Gasteiger partial charge in [0.05, 0.1) is 30.1 Å². The highest BCUT2D eigenvalue weighted by Crippen LogP contribution is 2.53. The van der Waals surface area contributed by atoms with E-state index in [1.807, 2.05) is 34.9 Å². The Labute approximate surface area is 179 Å². The first-order valence-electron chi connectivity index (χ1n) is 10.3. The van der Waals surface area contributed by atoms with Crippen LogP contribution in [0.4, 0.5) is 0 Å². The molecule has 31 heavy (non-hydrogen) atoms. The molecule has 1 aliphatic carbocycles.